The van der Waals surface area contributed by atoms with Gasteiger partial charge in [0, 0.05) is 18.9 Å². The van der Waals surface area contributed by atoms with Crippen LogP contribution in [0.3, 0.4) is 0 Å². The number of alkyl halides is 3. The second kappa shape index (κ2) is 4.68. The zero-order chi connectivity index (χ0) is 13.3. The fourth-order valence-corrected chi connectivity index (χ4v) is 1.97. The maximum absolute atomic E-state index is 12.1. The molecule has 1 aliphatic heterocycles. The van der Waals surface area contributed by atoms with Crippen molar-refractivity contribution in [2.45, 2.75) is 18.7 Å². The van der Waals surface area contributed by atoms with E-state index in [9.17, 15) is 18.0 Å². The van der Waals surface area contributed by atoms with Gasteiger partial charge in [-0.05, 0) is 17.7 Å². The Morgan fingerprint density at radius 3 is 2.67 bits per heavy atom. The van der Waals surface area contributed by atoms with Crippen molar-refractivity contribution in [2.24, 2.45) is 0 Å². The highest BCUT2D eigenvalue weighted by Gasteiger charge is 2.32. The van der Waals surface area contributed by atoms with E-state index < -0.39 is 12.1 Å². The van der Waals surface area contributed by atoms with Crippen molar-refractivity contribution in [1.29, 1.82) is 0 Å². The summed E-state index contributed by atoms with van der Waals surface area (Å²) in [6, 6.07) is 4.15. The molecule has 1 amide bonds. The van der Waals surface area contributed by atoms with E-state index in [1.807, 2.05) is 0 Å². The molecule has 1 atom stereocenters. The minimum Gasteiger partial charge on any atom is -0.404 e. The zero-order valence-electron chi connectivity index (χ0n) is 9.05. The Bertz CT molecular complexity index is 476. The summed E-state index contributed by atoms with van der Waals surface area (Å²) in [5.41, 5.74) is 0.594. The summed E-state index contributed by atoms with van der Waals surface area (Å²) in [7, 11) is 0. The van der Waals surface area contributed by atoms with E-state index in [1.165, 1.54) is 12.1 Å². The molecular weight excluding hydrogens is 271 g/mol. The molecule has 1 saturated heterocycles. The highest BCUT2D eigenvalue weighted by atomic mass is 35.5. The van der Waals surface area contributed by atoms with Gasteiger partial charge in [0.05, 0.1) is 5.02 Å². The Balaban J connectivity index is 2.23. The van der Waals surface area contributed by atoms with E-state index in [0.717, 1.165) is 0 Å². The normalized spacial score (nSPS) is 19.8. The first-order valence-corrected chi connectivity index (χ1v) is 5.55. The number of carbonyl (C=O) groups excluding carboxylic acids is 1. The molecule has 18 heavy (non-hydrogen) atoms. The first-order chi connectivity index (χ1) is 8.35. The molecule has 3 nitrogen and oxygen atoms in total. The van der Waals surface area contributed by atoms with Crippen molar-refractivity contribution >= 4 is 17.5 Å². The lowest BCUT2D eigenvalue weighted by molar-refractivity contribution is -0.274. The average molecular weight is 280 g/mol. The van der Waals surface area contributed by atoms with Crippen LogP contribution in [-0.2, 0) is 4.79 Å². The number of rotatable bonds is 2. The van der Waals surface area contributed by atoms with Gasteiger partial charge in [-0.3, -0.25) is 4.79 Å². The maximum Gasteiger partial charge on any atom is 0.573 e. The van der Waals surface area contributed by atoms with Gasteiger partial charge in [-0.25, -0.2) is 0 Å². The fourth-order valence-electron chi connectivity index (χ4n) is 1.82. The van der Waals surface area contributed by atoms with Crippen LogP contribution in [0.2, 0.25) is 5.02 Å². The van der Waals surface area contributed by atoms with Crippen LogP contribution in [0.1, 0.15) is 17.9 Å². The Hall–Kier alpha value is -1.43. The molecule has 1 aromatic rings. The Morgan fingerprint density at radius 2 is 2.11 bits per heavy atom. The van der Waals surface area contributed by atoms with Gasteiger partial charge in [-0.2, -0.15) is 0 Å². The van der Waals surface area contributed by atoms with Gasteiger partial charge in [0.2, 0.25) is 5.91 Å². The summed E-state index contributed by atoms with van der Waals surface area (Å²) in [5.74, 6) is -0.709. The summed E-state index contributed by atoms with van der Waals surface area (Å²) < 4.78 is 40.3. The van der Waals surface area contributed by atoms with Crippen molar-refractivity contribution in [3.63, 3.8) is 0 Å². The summed E-state index contributed by atoms with van der Waals surface area (Å²) in [6.07, 6.45) is -4.53. The van der Waals surface area contributed by atoms with E-state index in [2.05, 4.69) is 10.1 Å². The molecular formula is C11H9ClF3NO2. The van der Waals surface area contributed by atoms with Crippen LogP contribution in [0.25, 0.3) is 0 Å². The molecule has 1 fully saturated rings. The highest BCUT2D eigenvalue weighted by Crippen LogP contribution is 2.34. The Labute approximate surface area is 106 Å². The molecule has 0 radical (unpaired) electrons. The van der Waals surface area contributed by atoms with Gasteiger partial charge in [0.1, 0.15) is 5.75 Å². The van der Waals surface area contributed by atoms with E-state index in [1.54, 1.807) is 6.07 Å². The van der Waals surface area contributed by atoms with Crippen LogP contribution in [0.4, 0.5) is 13.2 Å². The molecule has 0 saturated carbocycles. The fraction of sp³-hybridized carbons (Fsp3) is 0.364. The van der Waals surface area contributed by atoms with Crippen LogP contribution in [-0.4, -0.2) is 18.8 Å². The molecule has 2 rings (SSSR count). The van der Waals surface area contributed by atoms with Crippen molar-refractivity contribution in [2.75, 3.05) is 6.54 Å². The Morgan fingerprint density at radius 1 is 1.39 bits per heavy atom. The number of benzene rings is 1. The van der Waals surface area contributed by atoms with Crippen molar-refractivity contribution in [3.8, 4) is 5.75 Å². The standard InChI is InChI=1S/C11H9ClF3NO2/c12-8-2-1-6(7-4-10(17)16-5-7)3-9(8)18-11(13,14)15/h1-3,7H,4-5H2,(H,16,17)/t7-/m0/s1. The first kappa shape index (κ1) is 13.0. The third-order valence-electron chi connectivity index (χ3n) is 2.63. The minimum absolute atomic E-state index is 0.117. The minimum atomic E-state index is -4.79. The Kier molecular flexibility index (Phi) is 3.38. The third-order valence-corrected chi connectivity index (χ3v) is 2.94. The van der Waals surface area contributed by atoms with Gasteiger partial charge in [0.25, 0.3) is 0 Å². The molecule has 1 N–H and O–H groups in total. The zero-order valence-corrected chi connectivity index (χ0v) is 9.81. The predicted octanol–water partition coefficient (Wildman–Crippen LogP) is 2.84. The van der Waals surface area contributed by atoms with Crippen LogP contribution in [0, 0.1) is 0 Å². The molecule has 1 aromatic carbocycles. The highest BCUT2D eigenvalue weighted by molar-refractivity contribution is 6.32. The van der Waals surface area contributed by atoms with Crippen molar-refractivity contribution in [1.82, 2.24) is 5.32 Å². The summed E-state index contributed by atoms with van der Waals surface area (Å²) in [4.78, 5) is 11.1. The molecule has 0 unspecified atom stereocenters. The first-order valence-electron chi connectivity index (χ1n) is 5.17. The molecule has 0 aliphatic carbocycles. The monoisotopic (exact) mass is 279 g/mol. The predicted molar refractivity (Wildman–Crippen MR) is 58.5 cm³/mol. The van der Waals surface area contributed by atoms with E-state index >= 15 is 0 Å². The molecule has 0 spiro atoms. The number of halogens is 4. The van der Waals surface area contributed by atoms with Crippen LogP contribution in [0.5, 0.6) is 5.75 Å². The van der Waals surface area contributed by atoms with Gasteiger partial charge >= 0.3 is 6.36 Å². The van der Waals surface area contributed by atoms with Gasteiger partial charge in [-0.1, -0.05) is 17.7 Å². The molecule has 0 bridgehead atoms. The largest absolute Gasteiger partial charge is 0.573 e. The van der Waals surface area contributed by atoms with Crippen LogP contribution >= 0.6 is 11.6 Å². The summed E-state index contributed by atoms with van der Waals surface area (Å²) >= 11 is 5.63. The maximum atomic E-state index is 12.1. The summed E-state index contributed by atoms with van der Waals surface area (Å²) in [6.45, 7) is 0.409. The van der Waals surface area contributed by atoms with Crippen molar-refractivity contribution in [3.05, 3.63) is 28.8 Å². The summed E-state index contributed by atoms with van der Waals surface area (Å²) in [5, 5.41) is 2.50. The van der Waals surface area contributed by atoms with Crippen LogP contribution < -0.4 is 10.1 Å². The van der Waals surface area contributed by atoms with Crippen molar-refractivity contribution < 1.29 is 22.7 Å². The topological polar surface area (TPSA) is 38.3 Å². The molecule has 98 valence electrons. The van der Waals surface area contributed by atoms with Crippen LogP contribution in [0.15, 0.2) is 18.2 Å². The lowest BCUT2D eigenvalue weighted by Gasteiger charge is -2.13. The average Bonchev–Trinajstić information content (AvgIpc) is 2.66. The van der Waals surface area contributed by atoms with E-state index in [0.29, 0.717) is 12.1 Å². The van der Waals surface area contributed by atoms with E-state index in [4.69, 9.17) is 11.6 Å². The number of ether oxygens (including phenoxy) is 1. The lowest BCUT2D eigenvalue weighted by atomic mass is 9.98. The van der Waals surface area contributed by atoms with Gasteiger partial charge < -0.3 is 10.1 Å². The second-order valence-electron chi connectivity index (χ2n) is 3.94. The second-order valence-corrected chi connectivity index (χ2v) is 4.35. The number of carbonyl (C=O) groups is 1. The van der Waals surface area contributed by atoms with Gasteiger partial charge in [-0.15, -0.1) is 13.2 Å². The smallest absolute Gasteiger partial charge is 0.404 e. The number of amides is 1. The molecule has 1 aliphatic rings. The number of hydrogen-bond donors (Lipinski definition) is 1. The van der Waals surface area contributed by atoms with Gasteiger partial charge in [0.15, 0.2) is 0 Å². The molecule has 1 heterocycles. The number of nitrogens with one attached hydrogen (secondary N) is 1. The molecule has 7 heteroatoms. The lowest BCUT2D eigenvalue weighted by Crippen LogP contribution is -2.17. The third kappa shape index (κ3) is 3.07. The molecule has 0 aromatic heterocycles. The SMILES string of the molecule is O=C1C[C@H](c2ccc(Cl)c(OC(F)(F)F)c2)CN1. The number of hydrogen-bond acceptors (Lipinski definition) is 2. The van der Waals surface area contributed by atoms with E-state index in [-0.39, 0.29) is 23.3 Å². The quantitative estimate of drug-likeness (QED) is 0.904.